The van der Waals surface area contributed by atoms with Crippen LogP contribution in [0.15, 0.2) is 4.42 Å². The third-order valence-electron chi connectivity index (χ3n) is 3.00. The quantitative estimate of drug-likeness (QED) is 0.812. The van der Waals surface area contributed by atoms with E-state index in [-0.39, 0.29) is 24.8 Å². The molecule has 1 aliphatic carbocycles. The maximum absolute atomic E-state index is 12.4. The Morgan fingerprint density at radius 3 is 2.19 bits per heavy atom. The van der Waals surface area contributed by atoms with Gasteiger partial charge in [0.25, 0.3) is 0 Å². The van der Waals surface area contributed by atoms with Gasteiger partial charge in [-0.1, -0.05) is 5.10 Å². The first-order valence-corrected chi connectivity index (χ1v) is 5.12. The number of anilines is 1. The molecule has 1 aliphatic rings. The Bertz CT molecular complexity index is 355. The van der Waals surface area contributed by atoms with Crippen molar-refractivity contribution in [1.82, 2.24) is 10.2 Å². The highest BCUT2D eigenvalue weighted by atomic mass is 19.4. The van der Waals surface area contributed by atoms with Crippen LogP contribution < -0.4 is 5.73 Å². The van der Waals surface area contributed by atoms with Crippen molar-refractivity contribution < 1.29 is 17.6 Å². The minimum Gasteiger partial charge on any atom is -0.408 e. The van der Waals surface area contributed by atoms with Gasteiger partial charge in [0.05, 0.1) is 5.92 Å². The van der Waals surface area contributed by atoms with Crippen LogP contribution in [-0.2, 0) is 0 Å². The van der Waals surface area contributed by atoms with Gasteiger partial charge in [-0.25, -0.2) is 0 Å². The van der Waals surface area contributed by atoms with Crippen LogP contribution in [0.1, 0.15) is 37.5 Å². The van der Waals surface area contributed by atoms with E-state index in [0.29, 0.717) is 18.7 Å². The number of nitrogen functional groups attached to an aromatic ring is 1. The number of aromatic nitrogens is 2. The second kappa shape index (κ2) is 3.95. The first-order valence-electron chi connectivity index (χ1n) is 5.12. The van der Waals surface area contributed by atoms with Gasteiger partial charge >= 0.3 is 12.2 Å². The topological polar surface area (TPSA) is 64.9 Å². The molecule has 1 fully saturated rings. The number of nitrogens with zero attached hydrogens (tertiary/aromatic N) is 2. The van der Waals surface area contributed by atoms with Crippen molar-refractivity contribution in [3.8, 4) is 0 Å². The highest BCUT2D eigenvalue weighted by Gasteiger charge is 2.42. The molecule has 0 radical (unpaired) electrons. The Kier molecular flexibility index (Phi) is 2.77. The van der Waals surface area contributed by atoms with E-state index in [1.165, 1.54) is 0 Å². The molecular weight excluding hydrogens is 223 g/mol. The lowest BCUT2D eigenvalue weighted by Gasteiger charge is -2.27. The van der Waals surface area contributed by atoms with Crippen molar-refractivity contribution in [1.29, 1.82) is 0 Å². The summed E-state index contributed by atoms with van der Waals surface area (Å²) in [5, 5.41) is 7.20. The molecule has 0 spiro atoms. The number of alkyl halides is 3. The monoisotopic (exact) mass is 235 g/mol. The number of hydrogen-bond donors (Lipinski definition) is 1. The number of nitrogens with two attached hydrogens (primary N) is 1. The molecule has 0 amide bonds. The van der Waals surface area contributed by atoms with E-state index in [1.54, 1.807) is 0 Å². The molecule has 1 heterocycles. The van der Waals surface area contributed by atoms with E-state index >= 15 is 0 Å². The van der Waals surface area contributed by atoms with Crippen molar-refractivity contribution in [2.75, 3.05) is 5.73 Å². The minimum absolute atomic E-state index is 0.0343. The van der Waals surface area contributed by atoms with Crippen molar-refractivity contribution in [2.45, 2.75) is 37.8 Å². The SMILES string of the molecule is Nc1nnc(C2CCC(C(F)(F)F)CC2)o1. The van der Waals surface area contributed by atoms with Crippen LogP contribution in [0.2, 0.25) is 0 Å². The van der Waals surface area contributed by atoms with E-state index in [2.05, 4.69) is 10.2 Å². The van der Waals surface area contributed by atoms with Gasteiger partial charge in [-0.05, 0) is 25.7 Å². The first kappa shape index (κ1) is 11.2. The van der Waals surface area contributed by atoms with E-state index in [1.807, 2.05) is 0 Å². The second-order valence-corrected chi connectivity index (χ2v) is 4.07. The molecule has 0 unspecified atom stereocenters. The predicted molar refractivity (Wildman–Crippen MR) is 49.5 cm³/mol. The van der Waals surface area contributed by atoms with Gasteiger partial charge in [-0.3, -0.25) is 0 Å². The summed E-state index contributed by atoms with van der Waals surface area (Å²) < 4.78 is 42.2. The zero-order chi connectivity index (χ0) is 11.8. The summed E-state index contributed by atoms with van der Waals surface area (Å²) in [7, 11) is 0. The summed E-state index contributed by atoms with van der Waals surface area (Å²) in [4.78, 5) is 0. The summed E-state index contributed by atoms with van der Waals surface area (Å²) in [6, 6.07) is -0.0343. The van der Waals surface area contributed by atoms with E-state index in [0.717, 1.165) is 0 Å². The third-order valence-corrected chi connectivity index (χ3v) is 3.00. The molecule has 0 saturated heterocycles. The Morgan fingerprint density at radius 2 is 1.75 bits per heavy atom. The molecular formula is C9H12F3N3O. The predicted octanol–water partition coefficient (Wildman–Crippen LogP) is 2.49. The van der Waals surface area contributed by atoms with Gasteiger partial charge in [0.15, 0.2) is 0 Å². The lowest BCUT2D eigenvalue weighted by atomic mass is 9.81. The summed E-state index contributed by atoms with van der Waals surface area (Å²) in [5.74, 6) is -0.912. The standard InChI is InChI=1S/C9H12F3N3O/c10-9(11,12)6-3-1-5(2-4-6)7-14-15-8(13)16-7/h5-6H,1-4H2,(H2,13,15). The molecule has 1 saturated carbocycles. The Balaban J connectivity index is 1.95. The van der Waals surface area contributed by atoms with Crippen molar-refractivity contribution in [3.05, 3.63) is 5.89 Å². The highest BCUT2D eigenvalue weighted by molar-refractivity contribution is 5.07. The van der Waals surface area contributed by atoms with Gasteiger partial charge in [-0.2, -0.15) is 13.2 Å². The normalized spacial score (nSPS) is 26.9. The lowest BCUT2D eigenvalue weighted by molar-refractivity contribution is -0.182. The van der Waals surface area contributed by atoms with E-state index in [9.17, 15) is 13.2 Å². The smallest absolute Gasteiger partial charge is 0.391 e. The number of rotatable bonds is 1. The molecule has 2 rings (SSSR count). The molecule has 0 atom stereocenters. The van der Waals surface area contributed by atoms with Gasteiger partial charge in [0, 0.05) is 5.92 Å². The third kappa shape index (κ3) is 2.28. The van der Waals surface area contributed by atoms with Crippen LogP contribution in [0.4, 0.5) is 19.2 Å². The summed E-state index contributed by atoms with van der Waals surface area (Å²) in [6.07, 6.45) is -3.00. The summed E-state index contributed by atoms with van der Waals surface area (Å²) >= 11 is 0. The fraction of sp³-hybridized carbons (Fsp3) is 0.778. The summed E-state index contributed by atoms with van der Waals surface area (Å²) in [5.41, 5.74) is 5.26. The van der Waals surface area contributed by atoms with Crippen LogP contribution in [0.5, 0.6) is 0 Å². The van der Waals surface area contributed by atoms with Gasteiger partial charge in [-0.15, -0.1) is 5.10 Å². The van der Waals surface area contributed by atoms with Gasteiger partial charge in [0.1, 0.15) is 0 Å². The Hall–Kier alpha value is -1.27. The lowest BCUT2D eigenvalue weighted by Crippen LogP contribution is -2.27. The van der Waals surface area contributed by atoms with Crippen LogP contribution in [0.25, 0.3) is 0 Å². The minimum atomic E-state index is -4.08. The average molecular weight is 235 g/mol. The molecule has 1 aromatic heterocycles. The molecule has 4 nitrogen and oxygen atoms in total. The molecule has 1 aromatic rings. The zero-order valence-electron chi connectivity index (χ0n) is 8.50. The van der Waals surface area contributed by atoms with Crippen molar-refractivity contribution in [2.24, 2.45) is 5.92 Å². The zero-order valence-corrected chi connectivity index (χ0v) is 8.50. The highest BCUT2D eigenvalue weighted by Crippen LogP contribution is 2.42. The fourth-order valence-electron chi connectivity index (χ4n) is 2.08. The van der Waals surface area contributed by atoms with E-state index in [4.69, 9.17) is 10.2 Å². The molecule has 0 aliphatic heterocycles. The molecule has 90 valence electrons. The van der Waals surface area contributed by atoms with Crippen LogP contribution in [0.3, 0.4) is 0 Å². The van der Waals surface area contributed by atoms with Crippen LogP contribution in [0, 0.1) is 5.92 Å². The van der Waals surface area contributed by atoms with Crippen LogP contribution >= 0.6 is 0 Å². The number of halogens is 3. The molecule has 2 N–H and O–H groups in total. The first-order chi connectivity index (χ1) is 7.47. The largest absolute Gasteiger partial charge is 0.408 e. The molecule has 0 bridgehead atoms. The summed E-state index contributed by atoms with van der Waals surface area (Å²) in [6.45, 7) is 0. The molecule has 0 aromatic carbocycles. The van der Waals surface area contributed by atoms with Crippen molar-refractivity contribution >= 4 is 6.01 Å². The van der Waals surface area contributed by atoms with Gasteiger partial charge < -0.3 is 10.2 Å². The fourth-order valence-corrected chi connectivity index (χ4v) is 2.08. The number of hydrogen-bond acceptors (Lipinski definition) is 4. The maximum Gasteiger partial charge on any atom is 0.391 e. The molecule has 7 heteroatoms. The Morgan fingerprint density at radius 1 is 1.12 bits per heavy atom. The molecule has 16 heavy (non-hydrogen) atoms. The maximum atomic E-state index is 12.4. The Labute approximate surface area is 90.0 Å². The van der Waals surface area contributed by atoms with E-state index < -0.39 is 12.1 Å². The van der Waals surface area contributed by atoms with Gasteiger partial charge in [0.2, 0.25) is 5.89 Å². The average Bonchev–Trinajstić information content (AvgIpc) is 2.64. The van der Waals surface area contributed by atoms with Crippen LogP contribution in [-0.4, -0.2) is 16.4 Å². The van der Waals surface area contributed by atoms with Crippen molar-refractivity contribution in [3.63, 3.8) is 0 Å². The second-order valence-electron chi connectivity index (χ2n) is 4.07.